The topological polar surface area (TPSA) is 62.5 Å². The summed E-state index contributed by atoms with van der Waals surface area (Å²) in [7, 11) is 0. The van der Waals surface area contributed by atoms with Gasteiger partial charge in [-0.1, -0.05) is 36.8 Å². The van der Waals surface area contributed by atoms with E-state index in [2.05, 4.69) is 4.90 Å². The van der Waals surface area contributed by atoms with Crippen LogP contribution in [0.25, 0.3) is 0 Å². The summed E-state index contributed by atoms with van der Waals surface area (Å²) in [5, 5.41) is 9.26. The third-order valence-electron chi connectivity index (χ3n) is 4.87. The van der Waals surface area contributed by atoms with Gasteiger partial charge in [0.05, 0.1) is 11.6 Å². The van der Waals surface area contributed by atoms with Crippen molar-refractivity contribution in [2.75, 3.05) is 19.6 Å². The number of aromatic carboxylic acids is 1. The molecule has 1 aromatic heterocycles. The lowest BCUT2D eigenvalue weighted by Crippen LogP contribution is -2.33. The van der Waals surface area contributed by atoms with E-state index >= 15 is 0 Å². The van der Waals surface area contributed by atoms with E-state index in [4.69, 9.17) is 0 Å². The lowest BCUT2D eigenvalue weighted by Gasteiger charge is -2.29. The van der Waals surface area contributed by atoms with Gasteiger partial charge in [-0.3, -0.25) is 4.79 Å². The minimum Gasteiger partial charge on any atom is -0.478 e. The van der Waals surface area contributed by atoms with Crippen molar-refractivity contribution < 1.29 is 9.90 Å². The zero-order chi connectivity index (χ0) is 17.6. The molecule has 2 aromatic rings. The number of hydrogen-bond donors (Lipinski definition) is 1. The normalized spacial score (nSPS) is 16.5. The molecular formula is C20H24N2O3. The van der Waals surface area contributed by atoms with Crippen molar-refractivity contribution >= 4 is 5.97 Å². The number of likely N-dealkylation sites (tertiary alicyclic amines) is 1. The highest BCUT2D eigenvalue weighted by atomic mass is 16.4. The largest absolute Gasteiger partial charge is 0.478 e. The monoisotopic (exact) mass is 340 g/mol. The Hall–Kier alpha value is -2.40. The van der Waals surface area contributed by atoms with Crippen LogP contribution in [0, 0.1) is 0 Å². The van der Waals surface area contributed by atoms with E-state index in [1.807, 2.05) is 30.3 Å². The van der Waals surface area contributed by atoms with Crippen molar-refractivity contribution in [1.29, 1.82) is 0 Å². The Bertz CT molecular complexity index is 764. The van der Waals surface area contributed by atoms with Crippen molar-refractivity contribution in [3.05, 3.63) is 70.1 Å². The second-order valence-electron chi connectivity index (χ2n) is 6.59. The van der Waals surface area contributed by atoms with Gasteiger partial charge < -0.3 is 14.6 Å². The molecule has 0 spiro atoms. The van der Waals surface area contributed by atoms with Crippen LogP contribution in [0.2, 0.25) is 0 Å². The molecule has 0 unspecified atom stereocenters. The predicted octanol–water partition coefficient (Wildman–Crippen LogP) is 3.01. The Kier molecular flexibility index (Phi) is 5.66. The number of rotatable bonds is 6. The smallest absolute Gasteiger partial charge is 0.337 e. The number of pyridine rings is 1. The highest BCUT2D eigenvalue weighted by Crippen LogP contribution is 2.22. The van der Waals surface area contributed by atoms with Crippen LogP contribution in [-0.4, -0.2) is 40.2 Å². The first-order valence-electron chi connectivity index (χ1n) is 8.88. The zero-order valence-corrected chi connectivity index (χ0v) is 14.3. The van der Waals surface area contributed by atoms with E-state index in [1.54, 1.807) is 4.57 Å². The molecule has 132 valence electrons. The molecule has 0 radical (unpaired) electrons. The van der Waals surface area contributed by atoms with Crippen molar-refractivity contribution in [2.45, 2.75) is 31.7 Å². The van der Waals surface area contributed by atoms with Crippen LogP contribution in [0.15, 0.2) is 53.5 Å². The summed E-state index contributed by atoms with van der Waals surface area (Å²) in [6.45, 7) is 3.11. The minimum absolute atomic E-state index is 0.138. The summed E-state index contributed by atoms with van der Waals surface area (Å²) >= 11 is 0. The molecule has 1 aliphatic rings. The average molecular weight is 340 g/mol. The molecule has 1 N–H and O–H groups in total. The molecule has 1 atom stereocenters. The molecular weight excluding hydrogens is 316 g/mol. The molecule has 1 aliphatic heterocycles. The molecule has 5 nitrogen and oxygen atoms in total. The summed E-state index contributed by atoms with van der Waals surface area (Å²) < 4.78 is 1.57. The van der Waals surface area contributed by atoms with Gasteiger partial charge in [-0.15, -0.1) is 0 Å². The Morgan fingerprint density at radius 2 is 1.76 bits per heavy atom. The maximum absolute atomic E-state index is 12.4. The lowest BCUT2D eigenvalue weighted by molar-refractivity contribution is 0.0695. The number of nitrogens with zero attached hydrogens (tertiary/aromatic N) is 2. The maximum atomic E-state index is 12.4. The molecule has 0 saturated carbocycles. The predicted molar refractivity (Wildman–Crippen MR) is 97.2 cm³/mol. The molecule has 1 saturated heterocycles. The van der Waals surface area contributed by atoms with Crippen LogP contribution in [0.5, 0.6) is 0 Å². The zero-order valence-electron chi connectivity index (χ0n) is 14.3. The van der Waals surface area contributed by atoms with E-state index in [1.165, 1.54) is 37.6 Å². The first-order valence-corrected chi connectivity index (χ1v) is 8.88. The summed E-state index contributed by atoms with van der Waals surface area (Å²) in [4.78, 5) is 26.2. The number of piperidine rings is 1. The number of carboxylic acids is 1. The van der Waals surface area contributed by atoms with Gasteiger partial charge in [0, 0.05) is 18.8 Å². The molecule has 0 amide bonds. The number of hydrogen-bond acceptors (Lipinski definition) is 3. The van der Waals surface area contributed by atoms with Gasteiger partial charge in [0.1, 0.15) is 0 Å². The molecule has 1 aromatic carbocycles. The van der Waals surface area contributed by atoms with Crippen LogP contribution in [0.4, 0.5) is 0 Å². The minimum atomic E-state index is -1.02. The third-order valence-corrected chi connectivity index (χ3v) is 4.87. The average Bonchev–Trinajstić information content (AvgIpc) is 2.65. The van der Waals surface area contributed by atoms with Crippen molar-refractivity contribution in [2.24, 2.45) is 0 Å². The standard InChI is InChI=1S/C20H24N2O3/c23-19-10-9-17(20(24)25)15-22(19)18(16-7-3-1-4-8-16)11-14-21-12-5-2-6-13-21/h1,3-4,7-10,15,18H,2,5-6,11-14H2,(H,24,25)/t18-/m0/s1. The fourth-order valence-corrected chi connectivity index (χ4v) is 3.50. The van der Waals surface area contributed by atoms with E-state index in [9.17, 15) is 14.7 Å². The van der Waals surface area contributed by atoms with Crippen LogP contribution < -0.4 is 5.56 Å². The second-order valence-corrected chi connectivity index (χ2v) is 6.59. The summed E-state index contributed by atoms with van der Waals surface area (Å²) in [6.07, 6.45) is 6.00. The molecule has 5 heteroatoms. The summed E-state index contributed by atoms with van der Waals surface area (Å²) in [6, 6.07) is 12.4. The van der Waals surface area contributed by atoms with Gasteiger partial charge in [-0.25, -0.2) is 4.79 Å². The highest BCUT2D eigenvalue weighted by Gasteiger charge is 2.19. The van der Waals surface area contributed by atoms with Crippen LogP contribution in [-0.2, 0) is 0 Å². The quantitative estimate of drug-likeness (QED) is 0.878. The molecule has 25 heavy (non-hydrogen) atoms. The van der Waals surface area contributed by atoms with Crippen LogP contribution in [0.1, 0.15) is 47.6 Å². The number of carboxylic acid groups (broad SMARTS) is 1. The van der Waals surface area contributed by atoms with E-state index in [-0.39, 0.29) is 17.2 Å². The first-order chi connectivity index (χ1) is 12.1. The number of benzene rings is 1. The SMILES string of the molecule is O=C(O)c1ccc(=O)n([C@@H](CCN2CCCCC2)c2ccccc2)c1. The second kappa shape index (κ2) is 8.12. The van der Waals surface area contributed by atoms with Crippen LogP contribution >= 0.6 is 0 Å². The molecule has 3 rings (SSSR count). The van der Waals surface area contributed by atoms with E-state index in [0.29, 0.717) is 0 Å². The highest BCUT2D eigenvalue weighted by molar-refractivity contribution is 5.87. The van der Waals surface area contributed by atoms with Gasteiger partial charge in [0.2, 0.25) is 0 Å². The van der Waals surface area contributed by atoms with E-state index in [0.717, 1.165) is 31.6 Å². The van der Waals surface area contributed by atoms with Crippen LogP contribution in [0.3, 0.4) is 0 Å². The van der Waals surface area contributed by atoms with Gasteiger partial charge in [-0.05, 0) is 44.0 Å². The number of carbonyl (C=O) groups is 1. The molecule has 0 bridgehead atoms. The molecule has 1 fully saturated rings. The van der Waals surface area contributed by atoms with Gasteiger partial charge in [0.25, 0.3) is 5.56 Å². The number of aromatic nitrogens is 1. The fourth-order valence-electron chi connectivity index (χ4n) is 3.50. The fraction of sp³-hybridized carbons (Fsp3) is 0.400. The van der Waals surface area contributed by atoms with Crippen molar-refractivity contribution in [1.82, 2.24) is 9.47 Å². The Balaban J connectivity index is 1.89. The third kappa shape index (κ3) is 4.37. The van der Waals surface area contributed by atoms with Gasteiger partial charge >= 0.3 is 5.97 Å². The maximum Gasteiger partial charge on any atom is 0.337 e. The Morgan fingerprint density at radius 3 is 2.44 bits per heavy atom. The molecule has 0 aliphatic carbocycles. The van der Waals surface area contributed by atoms with Crippen molar-refractivity contribution in [3.63, 3.8) is 0 Å². The van der Waals surface area contributed by atoms with E-state index < -0.39 is 5.97 Å². The van der Waals surface area contributed by atoms with Gasteiger partial charge in [0.15, 0.2) is 0 Å². The Morgan fingerprint density at radius 1 is 1.04 bits per heavy atom. The van der Waals surface area contributed by atoms with Gasteiger partial charge in [-0.2, -0.15) is 0 Å². The Labute approximate surface area is 147 Å². The molecule has 2 heterocycles. The summed E-state index contributed by atoms with van der Waals surface area (Å²) in [5.41, 5.74) is 1.00. The summed E-state index contributed by atoms with van der Waals surface area (Å²) in [5.74, 6) is -1.02. The van der Waals surface area contributed by atoms with Crippen molar-refractivity contribution in [3.8, 4) is 0 Å². The first kappa shape index (κ1) is 17.4. The lowest BCUT2D eigenvalue weighted by atomic mass is 10.0.